The number of halogens is 1. The predicted octanol–water partition coefficient (Wildman–Crippen LogP) is 28.1. The summed E-state index contributed by atoms with van der Waals surface area (Å²) in [5.41, 5.74) is 40.6. The van der Waals surface area contributed by atoms with Crippen molar-refractivity contribution < 1.29 is 8.83 Å². The van der Waals surface area contributed by atoms with Gasteiger partial charge in [0, 0.05) is 48.6 Å². The van der Waals surface area contributed by atoms with Gasteiger partial charge in [-0.1, -0.05) is 323 Å². The summed E-state index contributed by atoms with van der Waals surface area (Å²) in [6, 6.07) is 128. The molecule has 2 aromatic heterocycles. The van der Waals surface area contributed by atoms with E-state index in [-0.39, 0.29) is 16.2 Å². The number of furan rings is 2. The molecule has 0 bridgehead atoms. The molecule has 0 fully saturated rings. The van der Waals surface area contributed by atoms with Crippen LogP contribution in [0.1, 0.15) is 94.5 Å². The molecule has 5 heteroatoms. The first-order valence-corrected chi connectivity index (χ1v) is 38.7. The number of benzene rings is 16. The van der Waals surface area contributed by atoms with E-state index in [9.17, 15) is 0 Å². The zero-order valence-corrected chi connectivity index (χ0v) is 62.2. The lowest BCUT2D eigenvalue weighted by atomic mass is 9.70. The Morgan fingerprint density at radius 1 is 0.257 bits per heavy atom. The maximum Gasteiger partial charge on any atom is 0.137 e. The average molecular weight is 1460 g/mol. The van der Waals surface area contributed by atoms with Crippen LogP contribution >= 0.6 is 15.9 Å². The summed E-state index contributed by atoms with van der Waals surface area (Å²) in [5, 5.41) is 8.25. The van der Waals surface area contributed by atoms with Gasteiger partial charge in [-0.25, -0.2) is 0 Å². The van der Waals surface area contributed by atoms with Crippen molar-refractivity contribution in [2.24, 2.45) is 0 Å². The zero-order chi connectivity index (χ0) is 72.7. The summed E-state index contributed by atoms with van der Waals surface area (Å²) in [6.45, 7) is 9.35. The van der Waals surface area contributed by atoms with Gasteiger partial charge in [0.05, 0.1) is 38.7 Å². The van der Waals surface area contributed by atoms with Gasteiger partial charge < -0.3 is 19.1 Å². The molecule has 2 spiro atoms. The normalized spacial score (nSPS) is 14.6. The molecule has 4 nitrogen and oxygen atoms in total. The quantitative estimate of drug-likeness (QED) is 0.186. The number of hydrogen-bond donors (Lipinski definition) is 1. The molecule has 24 rings (SSSR count). The molecule has 0 aliphatic heterocycles. The molecular weight excluding hydrogens is 1390 g/mol. The third-order valence-corrected chi connectivity index (χ3v) is 25.4. The molecular formula is C104H71BrN2O2. The van der Waals surface area contributed by atoms with E-state index in [1.54, 1.807) is 0 Å². The SMILES string of the molecule is Brc1ccc2c(c1)C1(c3ccccc3-c3ccccc31)c1ccccc1-2.CC1(C)c2ccccc2-c2c(N(c3ccc4c(c3)C3(c5ccccc5-c5ccccc53)c3ccccc3-4)c3cccc4oc5ccccc5c34)cccc21.CC1(C)c2ccccc2-c2c(Nc3cccc4oc5ccccc5c34)cccc21. The molecule has 16 aromatic carbocycles. The summed E-state index contributed by atoms with van der Waals surface area (Å²) in [6.07, 6.45) is 0. The first kappa shape index (κ1) is 63.5. The van der Waals surface area contributed by atoms with Crippen LogP contribution in [0, 0.1) is 0 Å². The van der Waals surface area contributed by atoms with Crippen LogP contribution in [-0.2, 0) is 21.7 Å². The Kier molecular flexibility index (Phi) is 13.7. The van der Waals surface area contributed by atoms with Crippen molar-refractivity contribution >= 4 is 88.2 Å². The highest BCUT2D eigenvalue weighted by Gasteiger charge is 2.54. The fourth-order valence-electron chi connectivity index (χ4n) is 20.4. The van der Waals surface area contributed by atoms with Crippen LogP contribution in [0.15, 0.2) is 365 Å². The van der Waals surface area contributed by atoms with Gasteiger partial charge in [0.15, 0.2) is 0 Å². The monoisotopic (exact) mass is 1460 g/mol. The van der Waals surface area contributed by atoms with Crippen molar-refractivity contribution in [1.82, 2.24) is 0 Å². The summed E-state index contributed by atoms with van der Waals surface area (Å²) < 4.78 is 13.7. The van der Waals surface area contributed by atoms with Crippen LogP contribution in [0.2, 0.25) is 0 Å². The number of anilines is 5. The van der Waals surface area contributed by atoms with Crippen LogP contribution in [-0.4, -0.2) is 0 Å². The summed E-state index contributed by atoms with van der Waals surface area (Å²) in [7, 11) is 0. The smallest absolute Gasteiger partial charge is 0.137 e. The Hall–Kier alpha value is -12.8. The van der Waals surface area contributed by atoms with Crippen LogP contribution < -0.4 is 10.2 Å². The molecule has 18 aromatic rings. The van der Waals surface area contributed by atoms with Gasteiger partial charge in [-0.3, -0.25) is 0 Å². The van der Waals surface area contributed by atoms with E-state index < -0.39 is 5.41 Å². The van der Waals surface area contributed by atoms with Gasteiger partial charge in [0.2, 0.25) is 0 Å². The molecule has 0 saturated heterocycles. The standard InChI is InChI=1S/C52H35NO.C27H21NO.C25H15Br/c1-51(2)39-20-8-6-18-37(39)49-43(51)24-13-25-45(49)53(46-26-14-28-48-50(46)38-19-7-12-27-47(38)54-48)32-29-30-36-35-17-5-11-23-42(35)52(44(36)31-32)40-21-9-3-15-33(40)34-16-4-10-22-41(34)52;1-27(2)19-11-5-3-9-17(19)25-20(27)12-7-13-21(25)28-22-14-8-16-24-26(22)18-10-4-6-15-23(18)29-24;26-16-13-14-20-19-9-3-6-12-23(19)25(24(20)15-16)21-10-4-1-7-17(21)18-8-2-5-11-22(18)25/h3-31H,1-2H3;3-16,28H,1-2H3;1-15H. The highest BCUT2D eigenvalue weighted by Crippen LogP contribution is 2.66. The number of nitrogens with one attached hydrogen (secondary N) is 1. The van der Waals surface area contributed by atoms with Crippen molar-refractivity contribution in [2.75, 3.05) is 10.2 Å². The first-order chi connectivity index (χ1) is 53.5. The van der Waals surface area contributed by atoms with Gasteiger partial charge in [0.1, 0.15) is 22.3 Å². The molecule has 6 aliphatic carbocycles. The maximum atomic E-state index is 6.54. The number of para-hydroxylation sites is 2. The molecule has 0 amide bonds. The second-order valence-electron chi connectivity index (χ2n) is 30.9. The van der Waals surface area contributed by atoms with Gasteiger partial charge in [-0.2, -0.15) is 0 Å². The molecule has 0 atom stereocenters. The summed E-state index contributed by atoms with van der Waals surface area (Å²) >= 11 is 3.72. The minimum Gasteiger partial charge on any atom is -0.456 e. The van der Waals surface area contributed by atoms with E-state index in [2.05, 4.69) is 381 Å². The van der Waals surface area contributed by atoms with E-state index in [4.69, 9.17) is 8.83 Å². The Labute approximate surface area is 642 Å². The molecule has 109 heavy (non-hydrogen) atoms. The second-order valence-corrected chi connectivity index (χ2v) is 31.9. The van der Waals surface area contributed by atoms with Crippen molar-refractivity contribution in [1.29, 1.82) is 0 Å². The lowest BCUT2D eigenvalue weighted by Crippen LogP contribution is -2.26. The highest BCUT2D eigenvalue weighted by atomic mass is 79.9. The van der Waals surface area contributed by atoms with Crippen molar-refractivity contribution in [3.8, 4) is 66.8 Å². The average Bonchev–Trinajstić information content (AvgIpc) is 1.52. The minimum absolute atomic E-state index is 0.00202. The van der Waals surface area contributed by atoms with Gasteiger partial charge in [-0.15, -0.1) is 0 Å². The van der Waals surface area contributed by atoms with E-state index >= 15 is 0 Å². The third kappa shape index (κ3) is 8.76. The fraction of sp³-hybridized carbons (Fsp3) is 0.0769. The summed E-state index contributed by atoms with van der Waals surface area (Å²) in [4.78, 5) is 2.52. The van der Waals surface area contributed by atoms with E-state index in [0.29, 0.717) is 0 Å². The van der Waals surface area contributed by atoms with Crippen molar-refractivity contribution in [3.63, 3.8) is 0 Å². The zero-order valence-electron chi connectivity index (χ0n) is 60.6. The van der Waals surface area contributed by atoms with Crippen LogP contribution in [0.4, 0.5) is 28.4 Å². The molecule has 0 saturated carbocycles. The van der Waals surface area contributed by atoms with E-state index in [1.807, 2.05) is 24.3 Å². The van der Waals surface area contributed by atoms with E-state index in [0.717, 1.165) is 71.1 Å². The van der Waals surface area contributed by atoms with Crippen molar-refractivity contribution in [3.05, 3.63) is 423 Å². The van der Waals surface area contributed by atoms with Crippen LogP contribution in [0.3, 0.4) is 0 Å². The Bertz CT molecular complexity index is 6770. The van der Waals surface area contributed by atoms with Crippen molar-refractivity contribution in [2.45, 2.75) is 49.4 Å². The largest absolute Gasteiger partial charge is 0.456 e. The fourth-order valence-corrected chi connectivity index (χ4v) is 20.8. The van der Waals surface area contributed by atoms with Gasteiger partial charge >= 0.3 is 0 Å². The third-order valence-electron chi connectivity index (χ3n) is 24.9. The first-order valence-electron chi connectivity index (χ1n) is 37.9. The number of rotatable bonds is 5. The minimum atomic E-state index is -0.442. The Balaban J connectivity index is 0.000000112. The highest BCUT2D eigenvalue weighted by molar-refractivity contribution is 9.10. The van der Waals surface area contributed by atoms with Gasteiger partial charge in [-0.05, 0) is 195 Å². The van der Waals surface area contributed by atoms with Gasteiger partial charge in [0.25, 0.3) is 0 Å². The Morgan fingerprint density at radius 2 is 0.596 bits per heavy atom. The predicted molar refractivity (Wildman–Crippen MR) is 454 cm³/mol. The van der Waals surface area contributed by atoms with Crippen LogP contribution in [0.25, 0.3) is 111 Å². The molecule has 0 unspecified atom stereocenters. The van der Waals surface area contributed by atoms with Crippen LogP contribution in [0.5, 0.6) is 0 Å². The Morgan fingerprint density at radius 3 is 1.11 bits per heavy atom. The maximum absolute atomic E-state index is 6.54. The molecule has 0 radical (unpaired) electrons. The number of nitrogens with zero attached hydrogens (tertiary/aromatic N) is 1. The lowest BCUT2D eigenvalue weighted by Gasteiger charge is -2.33. The number of fused-ring (bicyclic) bond motifs is 32. The topological polar surface area (TPSA) is 41.6 Å². The molecule has 516 valence electrons. The number of hydrogen-bond acceptors (Lipinski definition) is 4. The molecule has 6 aliphatic rings. The second kappa shape index (κ2) is 23.6. The molecule has 2 heterocycles. The summed E-state index contributed by atoms with van der Waals surface area (Å²) in [5.74, 6) is 0. The molecule has 1 N–H and O–H groups in total. The van der Waals surface area contributed by atoms with E-state index in [1.165, 1.54) is 139 Å². The lowest BCUT2D eigenvalue weighted by molar-refractivity contribution is 0.660.